The van der Waals surface area contributed by atoms with E-state index in [1.54, 1.807) is 26.0 Å². The summed E-state index contributed by atoms with van der Waals surface area (Å²) in [6.45, 7) is 3.52. The molecule has 7 nitrogen and oxygen atoms in total. The maximum absolute atomic E-state index is 12.9. The van der Waals surface area contributed by atoms with E-state index in [9.17, 15) is 9.59 Å². The first-order chi connectivity index (χ1) is 12.1. The second-order valence-corrected chi connectivity index (χ2v) is 5.28. The van der Waals surface area contributed by atoms with Gasteiger partial charge in [-0.15, -0.1) is 0 Å². The van der Waals surface area contributed by atoms with Crippen molar-refractivity contribution >= 4 is 11.6 Å². The summed E-state index contributed by atoms with van der Waals surface area (Å²) in [6.07, 6.45) is 3.61. The number of nitrogens with zero attached hydrogens (tertiary/aromatic N) is 3. The largest absolute Gasteiger partial charge is 0.463 e. The summed E-state index contributed by atoms with van der Waals surface area (Å²) in [6, 6.07) is 9.05. The topological polar surface area (TPSA) is 82.8 Å². The number of ether oxygens (including phenoxy) is 2. The molecular weight excluding hydrogens is 322 g/mol. The number of fused-ring (bicyclic) bond motifs is 1. The minimum Gasteiger partial charge on any atom is -0.463 e. The second-order valence-electron chi connectivity index (χ2n) is 5.28. The first-order valence-electron chi connectivity index (χ1n) is 7.87. The molecule has 0 aliphatic heterocycles. The number of carbonyl (C=O) groups excluding carboxylic acids is 1. The molecule has 1 atom stereocenters. The van der Waals surface area contributed by atoms with Gasteiger partial charge in [-0.25, -0.2) is 4.79 Å². The number of rotatable bonds is 5. The predicted molar refractivity (Wildman–Crippen MR) is 91.4 cm³/mol. The van der Waals surface area contributed by atoms with Crippen LogP contribution in [0.4, 0.5) is 0 Å². The number of aromatic nitrogens is 3. The summed E-state index contributed by atoms with van der Waals surface area (Å²) < 4.78 is 12.0. The highest BCUT2D eigenvalue weighted by Crippen LogP contribution is 2.26. The third-order valence-electron chi connectivity index (χ3n) is 3.57. The Labute approximate surface area is 143 Å². The van der Waals surface area contributed by atoms with Gasteiger partial charge in [-0.1, -0.05) is 30.3 Å². The standard InChI is InChI=1S/C18H17N3O4/c1-3-24-18(23)12(2)25-16-15(13-7-5-4-6-8-13)17(22)21-10-9-19-11-14(21)20-16/h4-12H,3H2,1-2H3. The maximum Gasteiger partial charge on any atom is 0.347 e. The molecule has 2 aromatic heterocycles. The average Bonchev–Trinajstić information content (AvgIpc) is 2.63. The van der Waals surface area contributed by atoms with Gasteiger partial charge in [0.25, 0.3) is 5.56 Å². The molecule has 3 aromatic rings. The molecule has 0 fully saturated rings. The van der Waals surface area contributed by atoms with Gasteiger partial charge in [0.1, 0.15) is 5.56 Å². The Kier molecular flexibility index (Phi) is 4.74. The monoisotopic (exact) mass is 339 g/mol. The molecular formula is C18H17N3O4. The number of benzene rings is 1. The van der Waals surface area contributed by atoms with Crippen molar-refractivity contribution in [3.05, 3.63) is 59.3 Å². The van der Waals surface area contributed by atoms with Crippen LogP contribution in [-0.2, 0) is 9.53 Å². The minimum atomic E-state index is -0.895. The van der Waals surface area contributed by atoms with Crippen LogP contribution in [0.1, 0.15) is 13.8 Å². The van der Waals surface area contributed by atoms with Crippen molar-refractivity contribution in [1.82, 2.24) is 14.4 Å². The molecule has 7 heteroatoms. The van der Waals surface area contributed by atoms with E-state index in [0.29, 0.717) is 11.2 Å². The lowest BCUT2D eigenvalue weighted by Crippen LogP contribution is -2.28. The minimum absolute atomic E-state index is 0.0738. The van der Waals surface area contributed by atoms with Crippen molar-refractivity contribution in [1.29, 1.82) is 0 Å². The molecule has 0 N–H and O–H groups in total. The lowest BCUT2D eigenvalue weighted by molar-refractivity contribution is -0.150. The van der Waals surface area contributed by atoms with Crippen LogP contribution in [0.25, 0.3) is 16.8 Å². The molecule has 0 spiro atoms. The second kappa shape index (κ2) is 7.12. The van der Waals surface area contributed by atoms with Crippen molar-refractivity contribution in [3.63, 3.8) is 0 Å². The average molecular weight is 339 g/mol. The zero-order valence-electron chi connectivity index (χ0n) is 13.9. The Bertz CT molecular complexity index is 953. The van der Waals surface area contributed by atoms with Gasteiger partial charge < -0.3 is 9.47 Å². The number of esters is 1. The lowest BCUT2D eigenvalue weighted by Gasteiger charge is -2.16. The highest BCUT2D eigenvalue weighted by Gasteiger charge is 2.22. The van der Waals surface area contributed by atoms with Crippen molar-refractivity contribution in [2.45, 2.75) is 20.0 Å². The Balaban J connectivity index is 2.16. The summed E-state index contributed by atoms with van der Waals surface area (Å²) in [4.78, 5) is 33.1. The summed E-state index contributed by atoms with van der Waals surface area (Å²) >= 11 is 0. The third-order valence-corrected chi connectivity index (χ3v) is 3.57. The molecule has 0 radical (unpaired) electrons. The summed E-state index contributed by atoms with van der Waals surface area (Å²) in [5.41, 5.74) is 0.959. The van der Waals surface area contributed by atoms with Gasteiger partial charge in [-0.05, 0) is 19.4 Å². The van der Waals surface area contributed by atoms with Crippen molar-refractivity contribution in [2.24, 2.45) is 0 Å². The van der Waals surface area contributed by atoms with Crippen molar-refractivity contribution < 1.29 is 14.3 Å². The number of carbonyl (C=O) groups is 1. The number of hydrogen-bond acceptors (Lipinski definition) is 6. The van der Waals surface area contributed by atoms with E-state index in [4.69, 9.17) is 9.47 Å². The summed E-state index contributed by atoms with van der Waals surface area (Å²) in [7, 11) is 0. The zero-order valence-corrected chi connectivity index (χ0v) is 13.9. The molecule has 2 heterocycles. The predicted octanol–water partition coefficient (Wildman–Crippen LogP) is 2.09. The maximum atomic E-state index is 12.9. The lowest BCUT2D eigenvalue weighted by atomic mass is 10.1. The van der Waals surface area contributed by atoms with Crippen LogP contribution in [0.5, 0.6) is 5.88 Å². The molecule has 25 heavy (non-hydrogen) atoms. The number of hydrogen-bond donors (Lipinski definition) is 0. The van der Waals surface area contributed by atoms with Crippen LogP contribution in [0.2, 0.25) is 0 Å². The fourth-order valence-electron chi connectivity index (χ4n) is 2.39. The molecule has 0 saturated carbocycles. The third kappa shape index (κ3) is 3.35. The Morgan fingerprint density at radius 2 is 2.04 bits per heavy atom. The SMILES string of the molecule is CCOC(=O)C(C)Oc1nc2cnccn2c(=O)c1-c1ccccc1. The summed E-state index contributed by atoms with van der Waals surface area (Å²) in [5.74, 6) is -0.445. The van der Waals surface area contributed by atoms with Gasteiger partial charge in [0.2, 0.25) is 5.88 Å². The molecule has 128 valence electrons. The van der Waals surface area contributed by atoms with Gasteiger partial charge in [0, 0.05) is 12.4 Å². The molecule has 0 bridgehead atoms. The summed E-state index contributed by atoms with van der Waals surface area (Å²) in [5, 5.41) is 0. The van der Waals surface area contributed by atoms with Gasteiger partial charge in [0.15, 0.2) is 11.8 Å². The first-order valence-corrected chi connectivity index (χ1v) is 7.87. The van der Waals surface area contributed by atoms with Crippen molar-refractivity contribution in [2.75, 3.05) is 6.61 Å². The zero-order chi connectivity index (χ0) is 17.8. The van der Waals surface area contributed by atoms with Gasteiger partial charge in [-0.2, -0.15) is 4.98 Å². The molecule has 0 amide bonds. The Morgan fingerprint density at radius 3 is 2.76 bits per heavy atom. The van der Waals surface area contributed by atoms with Crippen molar-refractivity contribution in [3.8, 4) is 17.0 Å². The van der Waals surface area contributed by atoms with E-state index >= 15 is 0 Å². The molecule has 0 aliphatic carbocycles. The molecule has 0 saturated heterocycles. The van der Waals surface area contributed by atoms with E-state index in [0.717, 1.165) is 0 Å². The fraction of sp³-hybridized carbons (Fsp3) is 0.222. The highest BCUT2D eigenvalue weighted by molar-refractivity contribution is 5.75. The van der Waals surface area contributed by atoms with Crippen LogP contribution in [0.3, 0.4) is 0 Å². The van der Waals surface area contributed by atoms with Crippen LogP contribution in [0.15, 0.2) is 53.7 Å². The van der Waals surface area contributed by atoms with Crippen LogP contribution in [-0.4, -0.2) is 33.0 Å². The van der Waals surface area contributed by atoms with Gasteiger partial charge >= 0.3 is 5.97 Å². The highest BCUT2D eigenvalue weighted by atomic mass is 16.6. The smallest absolute Gasteiger partial charge is 0.347 e. The molecule has 1 aromatic carbocycles. The van der Waals surface area contributed by atoms with Crippen LogP contribution in [0, 0.1) is 0 Å². The fourth-order valence-corrected chi connectivity index (χ4v) is 2.39. The first kappa shape index (κ1) is 16.6. The molecule has 3 rings (SSSR count). The van der Waals surface area contributed by atoms with Gasteiger partial charge in [0.05, 0.1) is 12.8 Å². The normalized spacial score (nSPS) is 11.9. The molecule has 0 aliphatic rings. The van der Waals surface area contributed by atoms with E-state index in [1.807, 2.05) is 18.2 Å². The van der Waals surface area contributed by atoms with E-state index < -0.39 is 12.1 Å². The van der Waals surface area contributed by atoms with E-state index in [1.165, 1.54) is 23.0 Å². The van der Waals surface area contributed by atoms with Gasteiger partial charge in [-0.3, -0.25) is 14.2 Å². The van der Waals surface area contributed by atoms with Crippen LogP contribution < -0.4 is 10.3 Å². The van der Waals surface area contributed by atoms with E-state index in [-0.39, 0.29) is 23.6 Å². The Morgan fingerprint density at radius 1 is 1.28 bits per heavy atom. The molecule has 1 unspecified atom stereocenters. The van der Waals surface area contributed by atoms with E-state index in [2.05, 4.69) is 9.97 Å². The van der Waals surface area contributed by atoms with Crippen LogP contribution >= 0.6 is 0 Å². The quantitative estimate of drug-likeness (QED) is 0.662. The Hall–Kier alpha value is -3.22.